The van der Waals surface area contributed by atoms with Crippen molar-refractivity contribution in [2.24, 2.45) is 5.92 Å². The van der Waals surface area contributed by atoms with Gasteiger partial charge in [-0.3, -0.25) is 9.59 Å². The third kappa shape index (κ3) is 4.02. The van der Waals surface area contributed by atoms with Crippen molar-refractivity contribution in [3.05, 3.63) is 0 Å². The molecule has 108 valence electrons. The fraction of sp³-hybridized carbons (Fsp3) is 0.867. The second kappa shape index (κ2) is 6.02. The summed E-state index contributed by atoms with van der Waals surface area (Å²) in [4.78, 5) is 23.9. The number of halogens is 1. The third-order valence-corrected chi connectivity index (χ3v) is 4.56. The predicted molar refractivity (Wildman–Crippen MR) is 71.5 cm³/mol. The first-order valence-corrected chi connectivity index (χ1v) is 7.51. The van der Waals surface area contributed by atoms with Crippen molar-refractivity contribution in [1.82, 2.24) is 5.32 Å². The van der Waals surface area contributed by atoms with Crippen molar-refractivity contribution in [3.63, 3.8) is 0 Å². The highest BCUT2D eigenvalue weighted by molar-refractivity contribution is 6.37. The molecule has 0 saturated heterocycles. The SMILES string of the molecule is CC1(F)CCC(NC(=O)C(=O)C2CCCCC2)CC1. The zero-order valence-corrected chi connectivity index (χ0v) is 11.7. The molecule has 0 aromatic carbocycles. The van der Waals surface area contributed by atoms with Gasteiger partial charge in [0.2, 0.25) is 5.78 Å². The Hall–Kier alpha value is -0.930. The lowest BCUT2D eigenvalue weighted by molar-refractivity contribution is -0.141. The molecule has 2 aliphatic rings. The molecule has 0 aliphatic heterocycles. The molecular formula is C15H24FNO2. The van der Waals surface area contributed by atoms with Gasteiger partial charge in [0.05, 0.1) is 0 Å². The summed E-state index contributed by atoms with van der Waals surface area (Å²) in [5.41, 5.74) is -1.10. The molecule has 0 heterocycles. The first kappa shape index (κ1) is 14.5. The lowest BCUT2D eigenvalue weighted by atomic mass is 9.84. The summed E-state index contributed by atoms with van der Waals surface area (Å²) in [5.74, 6) is -0.781. The summed E-state index contributed by atoms with van der Waals surface area (Å²) in [6.07, 6.45) is 7.17. The minimum atomic E-state index is -1.10. The molecule has 2 saturated carbocycles. The van der Waals surface area contributed by atoms with Crippen LogP contribution in [0.4, 0.5) is 4.39 Å². The van der Waals surface area contributed by atoms with E-state index in [1.807, 2.05) is 0 Å². The quantitative estimate of drug-likeness (QED) is 0.801. The van der Waals surface area contributed by atoms with E-state index >= 15 is 0 Å². The average Bonchev–Trinajstić information content (AvgIpc) is 2.41. The molecule has 0 spiro atoms. The van der Waals surface area contributed by atoms with Crippen LogP contribution in [0.15, 0.2) is 0 Å². The number of amides is 1. The molecule has 0 atom stereocenters. The lowest BCUT2D eigenvalue weighted by Gasteiger charge is -2.31. The standard InChI is InChI=1S/C15H24FNO2/c1-15(16)9-7-12(8-10-15)17-14(19)13(18)11-5-3-2-4-6-11/h11-12H,2-10H2,1H3,(H,17,19). The molecule has 0 aromatic rings. The molecule has 1 N–H and O–H groups in total. The van der Waals surface area contributed by atoms with E-state index in [0.717, 1.165) is 25.7 Å². The Morgan fingerprint density at radius 1 is 1.05 bits per heavy atom. The minimum Gasteiger partial charge on any atom is -0.347 e. The van der Waals surface area contributed by atoms with Crippen LogP contribution in [0.2, 0.25) is 0 Å². The zero-order chi connectivity index (χ0) is 13.9. The first-order chi connectivity index (χ1) is 8.98. The molecule has 4 heteroatoms. The predicted octanol–water partition coefficient (Wildman–Crippen LogP) is 2.92. The molecular weight excluding hydrogens is 245 g/mol. The van der Waals surface area contributed by atoms with Gasteiger partial charge in [0.25, 0.3) is 5.91 Å². The van der Waals surface area contributed by atoms with Crippen LogP contribution in [0.1, 0.15) is 64.7 Å². The Labute approximate surface area is 114 Å². The maximum absolute atomic E-state index is 13.7. The summed E-state index contributed by atoms with van der Waals surface area (Å²) in [7, 11) is 0. The van der Waals surface area contributed by atoms with Crippen LogP contribution >= 0.6 is 0 Å². The fourth-order valence-electron chi connectivity index (χ4n) is 3.17. The van der Waals surface area contributed by atoms with Gasteiger partial charge in [0.15, 0.2) is 0 Å². The van der Waals surface area contributed by atoms with Gasteiger partial charge in [-0.25, -0.2) is 4.39 Å². The van der Waals surface area contributed by atoms with Crippen molar-refractivity contribution in [2.75, 3.05) is 0 Å². The number of carbonyl (C=O) groups is 2. The maximum Gasteiger partial charge on any atom is 0.287 e. The molecule has 0 unspecified atom stereocenters. The van der Waals surface area contributed by atoms with Crippen LogP contribution in [0.25, 0.3) is 0 Å². The van der Waals surface area contributed by atoms with Crippen LogP contribution in [0, 0.1) is 5.92 Å². The number of rotatable bonds is 3. The summed E-state index contributed by atoms with van der Waals surface area (Å²) < 4.78 is 13.7. The number of hydrogen-bond acceptors (Lipinski definition) is 2. The Morgan fingerprint density at radius 2 is 1.63 bits per heavy atom. The van der Waals surface area contributed by atoms with E-state index in [9.17, 15) is 14.0 Å². The summed E-state index contributed by atoms with van der Waals surface area (Å²) in [6.45, 7) is 1.61. The van der Waals surface area contributed by atoms with Crippen LogP contribution in [0.5, 0.6) is 0 Å². The summed E-state index contributed by atoms with van der Waals surface area (Å²) >= 11 is 0. The number of carbonyl (C=O) groups excluding carboxylic acids is 2. The topological polar surface area (TPSA) is 46.2 Å². The van der Waals surface area contributed by atoms with Crippen molar-refractivity contribution in [2.45, 2.75) is 76.4 Å². The van der Waals surface area contributed by atoms with Crippen LogP contribution in [0.3, 0.4) is 0 Å². The molecule has 0 aromatic heterocycles. The second-order valence-corrected chi connectivity index (χ2v) is 6.36. The second-order valence-electron chi connectivity index (χ2n) is 6.36. The monoisotopic (exact) mass is 269 g/mol. The number of ketones is 1. The van der Waals surface area contributed by atoms with E-state index in [0.29, 0.717) is 25.7 Å². The average molecular weight is 269 g/mol. The molecule has 0 bridgehead atoms. The lowest BCUT2D eigenvalue weighted by Crippen LogP contribution is -2.45. The molecule has 3 nitrogen and oxygen atoms in total. The highest BCUT2D eigenvalue weighted by atomic mass is 19.1. The van der Waals surface area contributed by atoms with Gasteiger partial charge in [-0.1, -0.05) is 19.3 Å². The molecule has 19 heavy (non-hydrogen) atoms. The van der Waals surface area contributed by atoms with E-state index in [4.69, 9.17) is 0 Å². The Bertz CT molecular complexity index is 338. The van der Waals surface area contributed by atoms with E-state index in [1.54, 1.807) is 6.92 Å². The van der Waals surface area contributed by atoms with Crippen LogP contribution in [-0.4, -0.2) is 23.4 Å². The van der Waals surface area contributed by atoms with Gasteiger partial charge in [-0.2, -0.15) is 0 Å². The van der Waals surface area contributed by atoms with E-state index in [1.165, 1.54) is 6.42 Å². The highest BCUT2D eigenvalue weighted by Gasteiger charge is 2.33. The molecule has 0 radical (unpaired) electrons. The minimum absolute atomic E-state index is 0.0242. The Morgan fingerprint density at radius 3 is 2.21 bits per heavy atom. The zero-order valence-electron chi connectivity index (χ0n) is 11.7. The number of Topliss-reactive ketones (excluding diaryl/α,β-unsaturated/α-hetero) is 1. The normalized spacial score (nSPS) is 32.8. The molecule has 2 fully saturated rings. The van der Waals surface area contributed by atoms with Gasteiger partial charge in [-0.05, 0) is 45.4 Å². The van der Waals surface area contributed by atoms with E-state index in [-0.39, 0.29) is 17.7 Å². The largest absolute Gasteiger partial charge is 0.347 e. The Balaban J connectivity index is 1.79. The molecule has 1 amide bonds. The number of hydrogen-bond donors (Lipinski definition) is 1. The van der Waals surface area contributed by atoms with Gasteiger partial charge < -0.3 is 5.32 Å². The summed E-state index contributed by atoms with van der Waals surface area (Å²) in [5, 5.41) is 2.80. The summed E-state index contributed by atoms with van der Waals surface area (Å²) in [6, 6.07) is -0.0242. The van der Waals surface area contributed by atoms with Crippen molar-refractivity contribution < 1.29 is 14.0 Å². The van der Waals surface area contributed by atoms with Gasteiger partial charge in [0.1, 0.15) is 5.67 Å². The number of nitrogens with one attached hydrogen (secondary N) is 1. The Kier molecular flexibility index (Phi) is 4.58. The maximum atomic E-state index is 13.7. The smallest absolute Gasteiger partial charge is 0.287 e. The number of alkyl halides is 1. The molecule has 2 aliphatic carbocycles. The van der Waals surface area contributed by atoms with Gasteiger partial charge in [-0.15, -0.1) is 0 Å². The van der Waals surface area contributed by atoms with E-state index < -0.39 is 11.6 Å². The highest BCUT2D eigenvalue weighted by Crippen LogP contribution is 2.31. The van der Waals surface area contributed by atoms with Crippen LogP contribution in [-0.2, 0) is 9.59 Å². The van der Waals surface area contributed by atoms with Crippen molar-refractivity contribution in [3.8, 4) is 0 Å². The van der Waals surface area contributed by atoms with Crippen molar-refractivity contribution >= 4 is 11.7 Å². The first-order valence-electron chi connectivity index (χ1n) is 7.51. The van der Waals surface area contributed by atoms with Crippen LogP contribution < -0.4 is 5.32 Å². The van der Waals surface area contributed by atoms with Gasteiger partial charge >= 0.3 is 0 Å². The fourth-order valence-corrected chi connectivity index (χ4v) is 3.17. The van der Waals surface area contributed by atoms with Crippen molar-refractivity contribution in [1.29, 1.82) is 0 Å². The molecule has 2 rings (SSSR count). The van der Waals surface area contributed by atoms with E-state index in [2.05, 4.69) is 5.32 Å². The third-order valence-electron chi connectivity index (χ3n) is 4.56. The van der Waals surface area contributed by atoms with Gasteiger partial charge in [0, 0.05) is 12.0 Å².